The van der Waals surface area contributed by atoms with Crippen LogP contribution in [0, 0.1) is 12.7 Å². The van der Waals surface area contributed by atoms with Gasteiger partial charge in [0.05, 0.1) is 5.02 Å². The number of hydrogen-bond donors (Lipinski definition) is 2. The number of rotatable bonds is 5. The van der Waals surface area contributed by atoms with Crippen LogP contribution in [0.25, 0.3) is 0 Å². The lowest BCUT2D eigenvalue weighted by Gasteiger charge is -2.10. The fraction of sp³-hybridized carbons (Fsp3) is 0.100. The largest absolute Gasteiger partial charge is 0.340 e. The number of benzene rings is 2. The van der Waals surface area contributed by atoms with E-state index in [0.717, 1.165) is 0 Å². The normalized spacial score (nSPS) is 10.4. The maximum atomic E-state index is 13.3. The van der Waals surface area contributed by atoms with Crippen molar-refractivity contribution in [2.24, 2.45) is 0 Å². The van der Waals surface area contributed by atoms with Crippen molar-refractivity contribution < 1.29 is 14.0 Å². The summed E-state index contributed by atoms with van der Waals surface area (Å²) in [7, 11) is 0. The Balaban J connectivity index is 1.82. The van der Waals surface area contributed by atoms with Crippen LogP contribution in [-0.2, 0) is 0 Å². The van der Waals surface area contributed by atoms with Crippen LogP contribution in [-0.4, -0.2) is 21.7 Å². The van der Waals surface area contributed by atoms with Crippen LogP contribution in [0.5, 0.6) is 0 Å². The van der Waals surface area contributed by atoms with E-state index >= 15 is 0 Å². The SMILES string of the molecule is CC(=O)c1cccc(NC(=O)c2cc(Nc3ccc(F)c(Cl)c3)nc(C)n2)c1. The minimum absolute atomic E-state index is 0.0286. The van der Waals surface area contributed by atoms with E-state index in [4.69, 9.17) is 11.6 Å². The van der Waals surface area contributed by atoms with Gasteiger partial charge < -0.3 is 10.6 Å². The van der Waals surface area contributed by atoms with E-state index in [-0.39, 0.29) is 16.5 Å². The number of anilines is 3. The van der Waals surface area contributed by atoms with Crippen LogP contribution in [0.2, 0.25) is 5.02 Å². The number of aryl methyl sites for hydroxylation is 1. The van der Waals surface area contributed by atoms with E-state index in [9.17, 15) is 14.0 Å². The average molecular weight is 399 g/mol. The number of nitrogens with zero attached hydrogens (tertiary/aromatic N) is 2. The van der Waals surface area contributed by atoms with Crippen molar-refractivity contribution in [2.45, 2.75) is 13.8 Å². The lowest BCUT2D eigenvalue weighted by Crippen LogP contribution is -2.15. The Kier molecular flexibility index (Phi) is 5.65. The molecule has 1 heterocycles. The maximum Gasteiger partial charge on any atom is 0.274 e. The highest BCUT2D eigenvalue weighted by molar-refractivity contribution is 6.31. The highest BCUT2D eigenvalue weighted by Gasteiger charge is 2.12. The van der Waals surface area contributed by atoms with Gasteiger partial charge in [0.1, 0.15) is 23.2 Å². The fourth-order valence-electron chi connectivity index (χ4n) is 2.48. The van der Waals surface area contributed by atoms with Gasteiger partial charge in [-0.25, -0.2) is 14.4 Å². The molecule has 0 aliphatic heterocycles. The van der Waals surface area contributed by atoms with Crippen LogP contribution in [0.4, 0.5) is 21.6 Å². The highest BCUT2D eigenvalue weighted by atomic mass is 35.5. The average Bonchev–Trinajstić information content (AvgIpc) is 2.64. The summed E-state index contributed by atoms with van der Waals surface area (Å²) in [5.74, 6) is -0.345. The number of Topliss-reactive ketones (excluding diaryl/α,β-unsaturated/α-hetero) is 1. The standard InChI is InChI=1S/C20H16ClFN4O2/c1-11(27)13-4-3-5-14(8-13)26-20(28)18-10-19(24-12(2)23-18)25-15-6-7-17(22)16(21)9-15/h3-10H,1-2H3,(H,26,28)(H,23,24,25). The number of carbonyl (C=O) groups excluding carboxylic acids is 2. The summed E-state index contributed by atoms with van der Waals surface area (Å²) in [5, 5.41) is 5.65. The maximum absolute atomic E-state index is 13.3. The third-order valence-corrected chi connectivity index (χ3v) is 4.08. The van der Waals surface area contributed by atoms with Crippen molar-refractivity contribution >= 4 is 40.5 Å². The quantitative estimate of drug-likeness (QED) is 0.604. The molecule has 0 atom stereocenters. The van der Waals surface area contributed by atoms with Gasteiger partial charge in [0.15, 0.2) is 5.78 Å². The molecule has 0 radical (unpaired) electrons. The van der Waals surface area contributed by atoms with Crippen LogP contribution in [0.1, 0.15) is 33.6 Å². The minimum atomic E-state index is -0.529. The van der Waals surface area contributed by atoms with E-state index in [0.29, 0.717) is 28.6 Å². The summed E-state index contributed by atoms with van der Waals surface area (Å²) in [6.07, 6.45) is 0. The Morgan fingerprint density at radius 2 is 1.82 bits per heavy atom. The van der Waals surface area contributed by atoms with Gasteiger partial charge in [0.2, 0.25) is 0 Å². The summed E-state index contributed by atoms with van der Waals surface area (Å²) in [6, 6.07) is 12.2. The van der Waals surface area contributed by atoms with E-state index < -0.39 is 11.7 Å². The summed E-state index contributed by atoms with van der Waals surface area (Å²) >= 11 is 5.78. The molecule has 28 heavy (non-hydrogen) atoms. The van der Waals surface area contributed by atoms with E-state index in [1.165, 1.54) is 31.2 Å². The zero-order valence-electron chi connectivity index (χ0n) is 15.1. The first-order chi connectivity index (χ1) is 13.3. The van der Waals surface area contributed by atoms with E-state index in [1.54, 1.807) is 31.2 Å². The van der Waals surface area contributed by atoms with Gasteiger partial charge in [-0.05, 0) is 44.2 Å². The third kappa shape index (κ3) is 4.69. The summed E-state index contributed by atoms with van der Waals surface area (Å²) < 4.78 is 13.3. The molecule has 3 rings (SSSR count). The molecule has 8 heteroatoms. The number of nitrogens with one attached hydrogen (secondary N) is 2. The monoisotopic (exact) mass is 398 g/mol. The summed E-state index contributed by atoms with van der Waals surface area (Å²) in [5.41, 5.74) is 1.63. The van der Waals surface area contributed by atoms with Crippen molar-refractivity contribution in [1.29, 1.82) is 0 Å². The molecule has 1 amide bonds. The number of aromatic nitrogens is 2. The van der Waals surface area contributed by atoms with Crippen molar-refractivity contribution in [3.8, 4) is 0 Å². The molecule has 0 saturated heterocycles. The summed E-state index contributed by atoms with van der Waals surface area (Å²) in [6.45, 7) is 3.10. The molecule has 2 aromatic carbocycles. The topological polar surface area (TPSA) is 84.0 Å². The number of amides is 1. The second-order valence-electron chi connectivity index (χ2n) is 6.03. The molecule has 142 valence electrons. The molecule has 0 bridgehead atoms. The number of hydrogen-bond acceptors (Lipinski definition) is 5. The van der Waals surface area contributed by atoms with E-state index in [1.807, 2.05) is 0 Å². The van der Waals surface area contributed by atoms with Gasteiger partial charge in [-0.15, -0.1) is 0 Å². The molecule has 0 unspecified atom stereocenters. The van der Waals surface area contributed by atoms with Gasteiger partial charge >= 0.3 is 0 Å². The Morgan fingerprint density at radius 1 is 1.04 bits per heavy atom. The second kappa shape index (κ2) is 8.14. The van der Waals surface area contributed by atoms with Crippen LogP contribution < -0.4 is 10.6 Å². The van der Waals surface area contributed by atoms with Crippen LogP contribution >= 0.6 is 11.6 Å². The molecule has 6 nitrogen and oxygen atoms in total. The van der Waals surface area contributed by atoms with Crippen molar-refractivity contribution in [2.75, 3.05) is 10.6 Å². The van der Waals surface area contributed by atoms with Crippen molar-refractivity contribution in [1.82, 2.24) is 9.97 Å². The third-order valence-electron chi connectivity index (χ3n) is 3.79. The lowest BCUT2D eigenvalue weighted by molar-refractivity contribution is 0.100. The molecule has 3 aromatic rings. The molecule has 0 aliphatic rings. The molecule has 2 N–H and O–H groups in total. The Morgan fingerprint density at radius 3 is 2.54 bits per heavy atom. The molecular formula is C20H16ClFN4O2. The first kappa shape index (κ1) is 19.4. The molecule has 0 fully saturated rings. The second-order valence-corrected chi connectivity index (χ2v) is 6.44. The smallest absolute Gasteiger partial charge is 0.274 e. The zero-order chi connectivity index (χ0) is 20.3. The van der Waals surface area contributed by atoms with Gasteiger partial charge in [-0.2, -0.15) is 0 Å². The Labute approximate surface area is 165 Å². The first-order valence-electron chi connectivity index (χ1n) is 8.32. The lowest BCUT2D eigenvalue weighted by atomic mass is 10.1. The summed E-state index contributed by atoms with van der Waals surface area (Å²) in [4.78, 5) is 32.4. The fourth-order valence-corrected chi connectivity index (χ4v) is 2.66. The minimum Gasteiger partial charge on any atom is -0.340 e. The number of ketones is 1. The predicted octanol–water partition coefficient (Wildman–Crippen LogP) is 4.78. The number of carbonyl (C=O) groups is 2. The van der Waals surface area contributed by atoms with Crippen LogP contribution in [0.15, 0.2) is 48.5 Å². The molecule has 0 saturated carbocycles. The van der Waals surface area contributed by atoms with Crippen molar-refractivity contribution in [3.63, 3.8) is 0 Å². The zero-order valence-corrected chi connectivity index (χ0v) is 15.8. The predicted molar refractivity (Wildman–Crippen MR) is 106 cm³/mol. The molecular weight excluding hydrogens is 383 g/mol. The van der Waals surface area contributed by atoms with Gasteiger partial charge in [0.25, 0.3) is 5.91 Å². The van der Waals surface area contributed by atoms with Gasteiger partial charge in [0, 0.05) is 23.0 Å². The Bertz CT molecular complexity index is 1070. The van der Waals surface area contributed by atoms with Crippen LogP contribution in [0.3, 0.4) is 0 Å². The van der Waals surface area contributed by atoms with Gasteiger partial charge in [-0.3, -0.25) is 9.59 Å². The first-order valence-corrected chi connectivity index (χ1v) is 8.70. The van der Waals surface area contributed by atoms with E-state index in [2.05, 4.69) is 20.6 Å². The molecule has 0 spiro atoms. The van der Waals surface area contributed by atoms with Crippen molar-refractivity contribution in [3.05, 3.63) is 76.5 Å². The number of halogens is 2. The molecule has 1 aromatic heterocycles. The van der Waals surface area contributed by atoms with Gasteiger partial charge in [-0.1, -0.05) is 23.7 Å². The Hall–Kier alpha value is -3.32. The molecule has 0 aliphatic carbocycles. The highest BCUT2D eigenvalue weighted by Crippen LogP contribution is 2.22.